The molecule has 0 aliphatic heterocycles. The first-order chi connectivity index (χ1) is 8.85. The summed E-state index contributed by atoms with van der Waals surface area (Å²) >= 11 is 0. The van der Waals surface area contributed by atoms with Crippen molar-refractivity contribution in [1.29, 1.82) is 0 Å². The van der Waals surface area contributed by atoms with Gasteiger partial charge in [0.2, 0.25) is 0 Å². The van der Waals surface area contributed by atoms with Gasteiger partial charge in [-0.3, -0.25) is 0 Å². The molecule has 3 nitrogen and oxygen atoms in total. The van der Waals surface area contributed by atoms with Crippen LogP contribution in [-0.2, 0) is 0 Å². The fraction of sp³-hybridized carbons (Fsp3) is 0.600. The number of nitrogens with one attached hydrogen (secondary N) is 1. The minimum absolute atomic E-state index is 0.259. The summed E-state index contributed by atoms with van der Waals surface area (Å²) in [6.07, 6.45) is 5.13. The molecule has 0 spiro atoms. The van der Waals surface area contributed by atoms with E-state index in [9.17, 15) is 0 Å². The van der Waals surface area contributed by atoms with Crippen molar-refractivity contribution >= 4 is 0 Å². The lowest BCUT2D eigenvalue weighted by atomic mass is 9.92. The third-order valence-electron chi connectivity index (χ3n) is 3.52. The van der Waals surface area contributed by atoms with E-state index in [0.717, 1.165) is 24.5 Å². The molecule has 0 radical (unpaired) electrons. The van der Waals surface area contributed by atoms with Crippen LogP contribution in [0.5, 0.6) is 11.5 Å². The molecule has 1 saturated carbocycles. The highest BCUT2D eigenvalue weighted by molar-refractivity contribution is 5.39. The van der Waals surface area contributed by atoms with Crippen molar-refractivity contribution in [2.75, 3.05) is 13.7 Å². The van der Waals surface area contributed by atoms with Crippen molar-refractivity contribution in [3.63, 3.8) is 0 Å². The van der Waals surface area contributed by atoms with Gasteiger partial charge >= 0.3 is 0 Å². The van der Waals surface area contributed by atoms with Crippen LogP contribution in [0.2, 0.25) is 0 Å². The maximum Gasteiger partial charge on any atom is 0.161 e. The van der Waals surface area contributed by atoms with Gasteiger partial charge in [0.25, 0.3) is 0 Å². The number of rotatable bonds is 5. The summed E-state index contributed by atoms with van der Waals surface area (Å²) in [4.78, 5) is 0. The topological polar surface area (TPSA) is 30.5 Å². The van der Waals surface area contributed by atoms with Crippen LogP contribution < -0.4 is 14.8 Å². The van der Waals surface area contributed by atoms with Crippen molar-refractivity contribution in [2.24, 2.45) is 0 Å². The van der Waals surface area contributed by atoms with E-state index in [1.807, 2.05) is 24.3 Å². The fourth-order valence-corrected chi connectivity index (χ4v) is 2.61. The van der Waals surface area contributed by atoms with Gasteiger partial charge in [0.15, 0.2) is 11.5 Å². The molecule has 0 amide bonds. The van der Waals surface area contributed by atoms with Crippen LogP contribution in [-0.4, -0.2) is 25.8 Å². The molecule has 1 aromatic carbocycles. The average molecular weight is 249 g/mol. The first-order valence-electron chi connectivity index (χ1n) is 6.88. The SMILES string of the molecule is CCNC1CCCCC1Oc1ccccc1OC. The fourth-order valence-electron chi connectivity index (χ4n) is 2.61. The number of hydrogen-bond donors (Lipinski definition) is 1. The molecule has 0 bridgehead atoms. The number of hydrogen-bond acceptors (Lipinski definition) is 3. The molecular formula is C15H23NO2. The number of para-hydroxylation sites is 2. The molecule has 0 heterocycles. The van der Waals surface area contributed by atoms with Gasteiger partial charge in [-0.05, 0) is 37.9 Å². The van der Waals surface area contributed by atoms with Crippen molar-refractivity contribution in [3.8, 4) is 11.5 Å². The number of likely N-dealkylation sites (N-methyl/N-ethyl adjacent to an activating group) is 1. The van der Waals surface area contributed by atoms with Gasteiger partial charge in [-0.1, -0.05) is 25.5 Å². The van der Waals surface area contributed by atoms with E-state index < -0.39 is 0 Å². The van der Waals surface area contributed by atoms with Crippen LogP contribution in [0.1, 0.15) is 32.6 Å². The highest BCUT2D eigenvalue weighted by Crippen LogP contribution is 2.30. The number of methoxy groups -OCH3 is 1. The Bertz CT molecular complexity index is 365. The lowest BCUT2D eigenvalue weighted by Crippen LogP contribution is -2.45. The second-order valence-corrected chi connectivity index (χ2v) is 4.76. The van der Waals surface area contributed by atoms with Crippen LogP contribution in [0, 0.1) is 0 Å². The van der Waals surface area contributed by atoms with E-state index in [0.29, 0.717) is 6.04 Å². The third-order valence-corrected chi connectivity index (χ3v) is 3.52. The normalized spacial score (nSPS) is 23.7. The molecule has 1 aliphatic carbocycles. The summed E-state index contributed by atoms with van der Waals surface area (Å²) in [6.45, 7) is 3.14. The summed E-state index contributed by atoms with van der Waals surface area (Å²) in [5, 5.41) is 3.53. The van der Waals surface area contributed by atoms with E-state index in [1.54, 1.807) is 7.11 Å². The van der Waals surface area contributed by atoms with Gasteiger partial charge < -0.3 is 14.8 Å². The predicted molar refractivity (Wildman–Crippen MR) is 73.3 cm³/mol. The van der Waals surface area contributed by atoms with E-state index in [4.69, 9.17) is 9.47 Å². The molecular weight excluding hydrogens is 226 g/mol. The van der Waals surface area contributed by atoms with Crippen molar-refractivity contribution in [3.05, 3.63) is 24.3 Å². The van der Waals surface area contributed by atoms with Gasteiger partial charge in [-0.2, -0.15) is 0 Å². The molecule has 1 aliphatic rings. The minimum Gasteiger partial charge on any atom is -0.493 e. The highest BCUT2D eigenvalue weighted by Gasteiger charge is 2.26. The molecule has 1 fully saturated rings. The van der Waals surface area contributed by atoms with Crippen LogP contribution in [0.3, 0.4) is 0 Å². The summed E-state index contributed by atoms with van der Waals surface area (Å²) < 4.78 is 11.5. The predicted octanol–water partition coefficient (Wildman–Crippen LogP) is 2.99. The largest absolute Gasteiger partial charge is 0.493 e. The zero-order valence-electron chi connectivity index (χ0n) is 11.3. The first-order valence-corrected chi connectivity index (χ1v) is 6.88. The minimum atomic E-state index is 0.259. The monoisotopic (exact) mass is 249 g/mol. The van der Waals surface area contributed by atoms with E-state index in [1.165, 1.54) is 19.3 Å². The molecule has 1 aromatic rings. The zero-order chi connectivity index (χ0) is 12.8. The summed E-state index contributed by atoms with van der Waals surface area (Å²) in [5.74, 6) is 1.67. The Hall–Kier alpha value is -1.22. The summed E-state index contributed by atoms with van der Waals surface area (Å²) in [5.41, 5.74) is 0. The smallest absolute Gasteiger partial charge is 0.161 e. The van der Waals surface area contributed by atoms with Crippen LogP contribution >= 0.6 is 0 Å². The average Bonchev–Trinajstić information content (AvgIpc) is 2.42. The lowest BCUT2D eigenvalue weighted by molar-refractivity contribution is 0.111. The van der Waals surface area contributed by atoms with E-state index >= 15 is 0 Å². The lowest BCUT2D eigenvalue weighted by Gasteiger charge is -2.32. The highest BCUT2D eigenvalue weighted by atomic mass is 16.5. The quantitative estimate of drug-likeness (QED) is 0.870. The van der Waals surface area contributed by atoms with Crippen molar-refractivity contribution in [1.82, 2.24) is 5.32 Å². The Morgan fingerprint density at radius 2 is 1.89 bits per heavy atom. The van der Waals surface area contributed by atoms with Gasteiger partial charge in [0.05, 0.1) is 7.11 Å². The molecule has 0 saturated heterocycles. The first kappa shape index (κ1) is 13.2. The number of benzene rings is 1. The molecule has 0 aromatic heterocycles. The molecule has 2 unspecified atom stereocenters. The van der Waals surface area contributed by atoms with Crippen LogP contribution in [0.25, 0.3) is 0 Å². The maximum atomic E-state index is 6.16. The molecule has 2 rings (SSSR count). The Morgan fingerprint density at radius 1 is 1.17 bits per heavy atom. The third kappa shape index (κ3) is 3.16. The Kier molecular flexibility index (Phi) is 4.88. The Balaban J connectivity index is 2.05. The van der Waals surface area contributed by atoms with Gasteiger partial charge in [0.1, 0.15) is 6.10 Å². The molecule has 3 heteroatoms. The standard InChI is InChI=1S/C15H23NO2/c1-3-16-12-8-4-5-9-13(12)18-15-11-7-6-10-14(15)17-2/h6-7,10-13,16H,3-5,8-9H2,1-2H3. The molecule has 1 N–H and O–H groups in total. The second-order valence-electron chi connectivity index (χ2n) is 4.76. The van der Waals surface area contributed by atoms with Gasteiger partial charge in [-0.25, -0.2) is 0 Å². The summed E-state index contributed by atoms with van der Waals surface area (Å²) in [6, 6.07) is 8.35. The number of ether oxygens (including phenoxy) is 2. The molecule has 2 atom stereocenters. The van der Waals surface area contributed by atoms with Crippen molar-refractivity contribution in [2.45, 2.75) is 44.8 Å². The van der Waals surface area contributed by atoms with E-state index in [2.05, 4.69) is 12.2 Å². The van der Waals surface area contributed by atoms with Gasteiger partial charge in [0, 0.05) is 6.04 Å². The van der Waals surface area contributed by atoms with E-state index in [-0.39, 0.29) is 6.10 Å². The van der Waals surface area contributed by atoms with Gasteiger partial charge in [-0.15, -0.1) is 0 Å². The Labute approximate surface area is 109 Å². The summed E-state index contributed by atoms with van der Waals surface area (Å²) in [7, 11) is 1.69. The Morgan fingerprint density at radius 3 is 2.61 bits per heavy atom. The van der Waals surface area contributed by atoms with Crippen LogP contribution in [0.15, 0.2) is 24.3 Å². The van der Waals surface area contributed by atoms with Crippen molar-refractivity contribution < 1.29 is 9.47 Å². The molecule has 18 heavy (non-hydrogen) atoms. The molecule has 100 valence electrons. The zero-order valence-corrected chi connectivity index (χ0v) is 11.3. The van der Waals surface area contributed by atoms with Crippen LogP contribution in [0.4, 0.5) is 0 Å². The second kappa shape index (κ2) is 6.64. The maximum absolute atomic E-state index is 6.16.